The van der Waals surface area contributed by atoms with E-state index in [1.54, 1.807) is 4.90 Å². The lowest BCUT2D eigenvalue weighted by Crippen LogP contribution is -2.48. The summed E-state index contributed by atoms with van der Waals surface area (Å²) in [5.41, 5.74) is 1.22. The van der Waals surface area contributed by atoms with E-state index in [9.17, 15) is 10.1 Å². The lowest BCUT2D eigenvalue weighted by molar-refractivity contribution is -0.132. The molecule has 2 aromatic rings. The van der Waals surface area contributed by atoms with Crippen molar-refractivity contribution in [2.45, 2.75) is 37.8 Å². The van der Waals surface area contributed by atoms with E-state index in [4.69, 9.17) is 0 Å². The smallest absolute Gasteiger partial charge is 0.237 e. The highest BCUT2D eigenvalue weighted by Crippen LogP contribution is 2.26. The summed E-state index contributed by atoms with van der Waals surface area (Å²) in [5, 5.41) is 11.6. The summed E-state index contributed by atoms with van der Waals surface area (Å²) in [4.78, 5) is 23.1. The Bertz CT molecular complexity index is 884. The molecule has 4 rings (SSSR count). The first-order valence-corrected chi connectivity index (χ1v) is 10.1. The molecule has 1 atom stereocenters. The number of hydrogen-bond acceptors (Lipinski definition) is 5. The van der Waals surface area contributed by atoms with Crippen LogP contribution >= 0.6 is 0 Å². The van der Waals surface area contributed by atoms with E-state index in [0.717, 1.165) is 50.7 Å². The van der Waals surface area contributed by atoms with E-state index in [1.165, 1.54) is 11.1 Å². The fraction of sp³-hybridized carbons (Fsp3) is 0.500. The van der Waals surface area contributed by atoms with Crippen LogP contribution in [-0.4, -0.2) is 66.0 Å². The number of rotatable bonds is 4. The van der Waals surface area contributed by atoms with Gasteiger partial charge in [-0.05, 0) is 49.3 Å². The van der Waals surface area contributed by atoms with Crippen molar-refractivity contribution in [3.05, 3.63) is 36.7 Å². The lowest BCUT2D eigenvalue weighted by Gasteiger charge is -2.38. The number of fused-ring (bicyclic) bond motifs is 1. The summed E-state index contributed by atoms with van der Waals surface area (Å²) >= 11 is 0. The van der Waals surface area contributed by atoms with Gasteiger partial charge >= 0.3 is 0 Å². The quantitative estimate of drug-likeness (QED) is 0.820. The average molecular weight is 377 g/mol. The molecular formula is C22H27N5O. The van der Waals surface area contributed by atoms with Gasteiger partial charge in [-0.3, -0.25) is 14.7 Å². The summed E-state index contributed by atoms with van der Waals surface area (Å²) in [5.74, 6) is 0.110. The van der Waals surface area contributed by atoms with Crippen LogP contribution in [0.2, 0.25) is 0 Å². The molecule has 0 bridgehead atoms. The number of pyridine rings is 1. The fourth-order valence-electron chi connectivity index (χ4n) is 4.45. The monoisotopic (exact) mass is 377 g/mol. The first-order chi connectivity index (χ1) is 13.7. The summed E-state index contributed by atoms with van der Waals surface area (Å²) in [6, 6.07) is 11.1. The number of piperidine rings is 1. The van der Waals surface area contributed by atoms with Crippen LogP contribution in [0.4, 0.5) is 5.69 Å². The molecule has 2 aliphatic heterocycles. The van der Waals surface area contributed by atoms with Gasteiger partial charge in [0.15, 0.2) is 0 Å². The molecular weight excluding hydrogens is 350 g/mol. The second kappa shape index (κ2) is 8.15. The third kappa shape index (κ3) is 3.81. The minimum atomic E-state index is -0.223. The van der Waals surface area contributed by atoms with Gasteiger partial charge in [-0.15, -0.1) is 0 Å². The maximum atomic E-state index is 12.6. The molecule has 0 N–H and O–H groups in total. The van der Waals surface area contributed by atoms with Crippen molar-refractivity contribution < 1.29 is 4.79 Å². The van der Waals surface area contributed by atoms with Gasteiger partial charge in [0, 0.05) is 56.2 Å². The Morgan fingerprint density at radius 1 is 1.21 bits per heavy atom. The largest absolute Gasteiger partial charge is 0.371 e. The third-order valence-electron chi connectivity index (χ3n) is 6.22. The van der Waals surface area contributed by atoms with Crippen molar-refractivity contribution in [3.63, 3.8) is 0 Å². The number of hydrogen-bond donors (Lipinski definition) is 0. The maximum absolute atomic E-state index is 12.6. The number of carbonyl (C=O) groups excluding carboxylic acids is 1. The number of aromatic nitrogens is 1. The molecule has 0 radical (unpaired) electrons. The number of anilines is 1. The highest BCUT2D eigenvalue weighted by Gasteiger charge is 2.31. The zero-order chi connectivity index (χ0) is 19.5. The topological polar surface area (TPSA) is 63.5 Å². The Kier molecular flexibility index (Phi) is 5.45. The van der Waals surface area contributed by atoms with Crippen LogP contribution < -0.4 is 4.90 Å². The van der Waals surface area contributed by atoms with E-state index in [0.29, 0.717) is 12.6 Å². The van der Waals surface area contributed by atoms with Gasteiger partial charge in [0.2, 0.25) is 5.91 Å². The number of nitrogens with zero attached hydrogens (tertiary/aromatic N) is 5. The van der Waals surface area contributed by atoms with Gasteiger partial charge in [0.1, 0.15) is 6.04 Å². The van der Waals surface area contributed by atoms with Crippen LogP contribution in [0.1, 0.15) is 25.7 Å². The molecule has 1 aromatic carbocycles. The molecule has 28 heavy (non-hydrogen) atoms. The zero-order valence-corrected chi connectivity index (χ0v) is 16.4. The summed E-state index contributed by atoms with van der Waals surface area (Å²) in [7, 11) is 2.16. The fourth-order valence-corrected chi connectivity index (χ4v) is 4.45. The van der Waals surface area contributed by atoms with Crippen LogP contribution in [0, 0.1) is 11.3 Å². The van der Waals surface area contributed by atoms with Crippen molar-refractivity contribution in [2.75, 3.05) is 38.1 Å². The van der Waals surface area contributed by atoms with Crippen molar-refractivity contribution >= 4 is 22.4 Å². The molecule has 1 amide bonds. The van der Waals surface area contributed by atoms with Crippen LogP contribution in [0.3, 0.4) is 0 Å². The molecule has 0 spiro atoms. The summed E-state index contributed by atoms with van der Waals surface area (Å²) < 4.78 is 0. The molecule has 6 nitrogen and oxygen atoms in total. The number of amides is 1. The second-order valence-electron chi connectivity index (χ2n) is 7.90. The molecule has 2 saturated heterocycles. The minimum Gasteiger partial charge on any atom is -0.371 e. The number of nitriles is 1. The normalized spacial score (nSPS) is 21.0. The number of carbonyl (C=O) groups is 1. The molecule has 6 heteroatoms. The van der Waals surface area contributed by atoms with E-state index in [-0.39, 0.29) is 11.9 Å². The Morgan fingerprint density at radius 2 is 2.04 bits per heavy atom. The average Bonchev–Trinajstić information content (AvgIpc) is 3.22. The van der Waals surface area contributed by atoms with Crippen LogP contribution in [0.5, 0.6) is 0 Å². The van der Waals surface area contributed by atoms with Gasteiger partial charge in [-0.25, -0.2) is 0 Å². The molecule has 0 saturated carbocycles. The van der Waals surface area contributed by atoms with E-state index in [1.807, 2.05) is 18.5 Å². The predicted molar refractivity (Wildman–Crippen MR) is 110 cm³/mol. The van der Waals surface area contributed by atoms with E-state index < -0.39 is 0 Å². The molecule has 1 aromatic heterocycles. The summed E-state index contributed by atoms with van der Waals surface area (Å²) in [6.07, 6.45) is 7.57. The highest BCUT2D eigenvalue weighted by atomic mass is 16.2. The number of benzene rings is 1. The molecule has 0 unspecified atom stereocenters. The predicted octanol–water partition coefficient (Wildman–Crippen LogP) is 2.65. The Morgan fingerprint density at radius 3 is 2.82 bits per heavy atom. The zero-order valence-electron chi connectivity index (χ0n) is 16.4. The van der Waals surface area contributed by atoms with Gasteiger partial charge in [-0.1, -0.05) is 6.07 Å². The minimum absolute atomic E-state index is 0.110. The molecule has 2 fully saturated rings. The van der Waals surface area contributed by atoms with Gasteiger partial charge in [0.05, 0.1) is 12.6 Å². The number of likely N-dealkylation sites (tertiary alicyclic amines) is 2. The SMILES string of the molecule is CN(c1ccc2cnccc2c1)C1CCN(CC(=O)N2CCC[C@H]2C#N)CC1. The van der Waals surface area contributed by atoms with Crippen molar-refractivity contribution in [2.24, 2.45) is 0 Å². The lowest BCUT2D eigenvalue weighted by atomic mass is 10.0. The van der Waals surface area contributed by atoms with Crippen LogP contribution in [-0.2, 0) is 4.79 Å². The van der Waals surface area contributed by atoms with E-state index in [2.05, 4.69) is 46.1 Å². The maximum Gasteiger partial charge on any atom is 0.237 e. The molecule has 0 aliphatic carbocycles. The van der Waals surface area contributed by atoms with Crippen molar-refractivity contribution in [1.82, 2.24) is 14.8 Å². The van der Waals surface area contributed by atoms with Crippen molar-refractivity contribution in [3.8, 4) is 6.07 Å². The molecule has 146 valence electrons. The van der Waals surface area contributed by atoms with Crippen LogP contribution in [0.15, 0.2) is 36.7 Å². The van der Waals surface area contributed by atoms with Gasteiger partial charge < -0.3 is 9.80 Å². The standard InChI is InChI=1S/C22H27N5O/c1-25(20-5-4-18-15-24-9-6-17(18)13-20)19-7-11-26(12-8-19)16-22(28)27-10-2-3-21(27)14-23/h4-6,9,13,15,19,21H,2-3,7-8,10-12,16H2,1H3/t21-/m0/s1. The third-order valence-corrected chi connectivity index (χ3v) is 6.22. The highest BCUT2D eigenvalue weighted by molar-refractivity contribution is 5.85. The van der Waals surface area contributed by atoms with Crippen molar-refractivity contribution in [1.29, 1.82) is 5.26 Å². The first-order valence-electron chi connectivity index (χ1n) is 10.1. The van der Waals surface area contributed by atoms with Crippen LogP contribution in [0.25, 0.3) is 10.8 Å². The van der Waals surface area contributed by atoms with E-state index >= 15 is 0 Å². The van der Waals surface area contributed by atoms with Gasteiger partial charge in [0.25, 0.3) is 0 Å². The molecule has 2 aliphatic rings. The first kappa shape index (κ1) is 18.7. The summed E-state index contributed by atoms with van der Waals surface area (Å²) in [6.45, 7) is 3.01. The Labute approximate surface area is 166 Å². The Balaban J connectivity index is 1.33. The van der Waals surface area contributed by atoms with Gasteiger partial charge in [-0.2, -0.15) is 5.26 Å². The Hall–Kier alpha value is -2.65. The second-order valence-corrected chi connectivity index (χ2v) is 7.90. The molecule has 3 heterocycles.